The van der Waals surface area contributed by atoms with Gasteiger partial charge in [-0.15, -0.1) is 0 Å². The van der Waals surface area contributed by atoms with Gasteiger partial charge >= 0.3 is 21.9 Å². The molecule has 0 aliphatic heterocycles. The van der Waals surface area contributed by atoms with E-state index >= 15 is 0 Å². The van der Waals surface area contributed by atoms with Crippen LogP contribution >= 0.6 is 0 Å². The Kier molecular flexibility index (Phi) is 0.315. The van der Waals surface area contributed by atoms with Crippen molar-refractivity contribution in [3.63, 3.8) is 0 Å². The van der Waals surface area contributed by atoms with Gasteiger partial charge in [0.1, 0.15) is 0 Å². The number of rotatable bonds is 0. The summed E-state index contributed by atoms with van der Waals surface area (Å²) < 4.78 is -5.17. The third-order valence-corrected chi connectivity index (χ3v) is 0. The molecule has 0 amide bonds. The molecule has 0 heterocycles. The summed E-state index contributed by atoms with van der Waals surface area (Å²) in [6.07, 6.45) is 0. The van der Waals surface area contributed by atoms with E-state index in [0.29, 0.717) is 0 Å². The van der Waals surface area contributed by atoms with E-state index in [9.17, 15) is 0 Å². The van der Waals surface area contributed by atoms with Gasteiger partial charge in [-0.2, -0.15) is 0 Å². The van der Waals surface area contributed by atoms with Gasteiger partial charge < -0.3 is 0 Å². The molecule has 4 N–H and O–H groups in total. The van der Waals surface area contributed by atoms with Crippen LogP contribution in [0.15, 0.2) is 0 Å². The van der Waals surface area contributed by atoms with E-state index in [-0.39, 0.29) is 0 Å². The van der Waals surface area contributed by atoms with Crippen LogP contribution < -0.4 is 0 Å². The predicted octanol–water partition coefficient (Wildman–Crippen LogP) is -2.23. The van der Waals surface area contributed by atoms with Gasteiger partial charge in [-0.1, -0.05) is 0 Å². The van der Waals surface area contributed by atoms with Crippen LogP contribution in [0.5, 0.6) is 0 Å². The molecule has 0 spiro atoms. The van der Waals surface area contributed by atoms with E-state index in [0.717, 1.165) is 0 Å². The minimum absolute atomic E-state index is 5.17. The summed E-state index contributed by atoms with van der Waals surface area (Å²) in [5.74, 6) is 0. The van der Waals surface area contributed by atoms with Crippen LogP contribution in [0.2, 0.25) is 0 Å². The molecule has 0 aromatic heterocycles. The molecule has 0 aromatic carbocycles. The van der Waals surface area contributed by atoms with Crippen LogP contribution in [-0.2, 0) is 0 Å². The first-order chi connectivity index (χ1) is 2.00. The molecule has 0 aliphatic rings. The molecule has 0 atom stereocenters. The average molecular weight is 315 g/mol. The van der Waals surface area contributed by atoms with Gasteiger partial charge in [-0.05, 0) is 0 Å². The Balaban J connectivity index is 3.02. The molecule has 0 radical (unpaired) electrons. The fourth-order valence-corrected chi connectivity index (χ4v) is 0. The van der Waals surface area contributed by atoms with Gasteiger partial charge in [-0.25, -0.2) is 0 Å². The molecular formula is H4CmO4. The molecule has 0 unspecified atom stereocenters. The molecule has 0 saturated carbocycles. The average Bonchev–Trinajstić information content (AvgIpc) is 0.722. The second-order valence-corrected chi connectivity index (χ2v) is 3.96. The van der Waals surface area contributed by atoms with Crippen LogP contribution in [0.25, 0.3) is 0 Å². The summed E-state index contributed by atoms with van der Waals surface area (Å²) in [4.78, 5) is 0. The van der Waals surface area contributed by atoms with Crippen LogP contribution in [0.4, 0.5) is 0 Å². The zero-order valence-corrected chi connectivity index (χ0v) is 5.09. The topological polar surface area (TPSA) is 80.9 Å². The van der Waals surface area contributed by atoms with Gasteiger partial charge in [0.25, 0.3) is 0 Å². The van der Waals surface area contributed by atoms with Crippen LogP contribution in [0.3, 0.4) is 0 Å². The monoisotopic (exact) mass is 311 g/mol. The summed E-state index contributed by atoms with van der Waals surface area (Å²) in [6, 6.07) is 0. The van der Waals surface area contributed by atoms with Crippen LogP contribution in [-0.4, -0.2) is 21.9 Å². The summed E-state index contributed by atoms with van der Waals surface area (Å²) in [7, 11) is 0. The molecule has 4 nitrogen and oxygen atoms in total. The summed E-state index contributed by atoms with van der Waals surface area (Å²) in [5, 5.41) is 0. The molecule has 0 bridgehead atoms. The third-order valence-electron chi connectivity index (χ3n) is 0. The van der Waals surface area contributed by atoms with Gasteiger partial charge in [0.05, 0.1) is 0 Å². The fraction of sp³-hybridized carbons (Fsp3) is 0. The van der Waals surface area contributed by atoms with Crippen molar-refractivity contribution in [2.75, 3.05) is 0 Å². The fourth-order valence-electron chi connectivity index (χ4n) is 0. The Bertz CT molecular complexity index is 19.1. The molecule has 0 saturated heterocycles. The number of hydrogen-bond donors (Lipinski definition) is 4. The Morgan fingerprint density at radius 1 is 0.800 bits per heavy atom. The van der Waals surface area contributed by atoms with Gasteiger partial charge in [-0.3, -0.25) is 0 Å². The SMILES string of the molecule is [OH][Cm]([OH])([OH])[OH]. The van der Waals surface area contributed by atoms with E-state index in [1.165, 1.54) is 0 Å². The maximum absolute atomic E-state index is 7.40. The van der Waals surface area contributed by atoms with E-state index in [2.05, 4.69) is 0 Å². The van der Waals surface area contributed by atoms with Gasteiger partial charge in [0, 0.05) is 0 Å². The van der Waals surface area contributed by atoms with Crippen molar-refractivity contribution in [3.05, 3.63) is 0 Å². The van der Waals surface area contributed by atoms with Crippen molar-refractivity contribution in [2.24, 2.45) is 0 Å². The van der Waals surface area contributed by atoms with E-state index in [4.69, 9.17) is 21.9 Å². The van der Waals surface area contributed by atoms with E-state index in [1.54, 1.807) is 0 Å². The molecular weight excluding hydrogens is 311 g/mol. The molecule has 0 rings (SSSR count). The molecule has 36 valence electrons. The van der Waals surface area contributed by atoms with Gasteiger partial charge in [0.2, 0.25) is 0 Å². The van der Waals surface area contributed by atoms with Crippen molar-refractivity contribution in [2.45, 2.75) is 0 Å². The van der Waals surface area contributed by atoms with Crippen LogP contribution in [0, 0.1) is 0 Å². The Hall–Kier alpha value is -1.16. The zero-order chi connectivity index (χ0) is 4.50. The molecule has 0 aliphatic carbocycles. The summed E-state index contributed by atoms with van der Waals surface area (Å²) in [6.45, 7) is 0. The van der Waals surface area contributed by atoms with Crippen molar-refractivity contribution in [3.8, 4) is 0 Å². The standard InChI is InChI=1S/Cm.4H2O/h;4*1H2/q+4;;;;/p-4. The third kappa shape index (κ3) is 1.49. The normalized spacial score (nSPS) is 12.0. The molecule has 5 heteroatoms. The molecule has 0 fully saturated rings. The van der Waals surface area contributed by atoms with Gasteiger partial charge in [0.15, 0.2) is 0 Å². The molecule has 5 heavy (non-hydrogen) atoms. The Morgan fingerprint density at radius 3 is 0.800 bits per heavy atom. The first kappa shape index (κ1) is 3.84. The van der Waals surface area contributed by atoms with Crippen molar-refractivity contribution < 1.29 is 21.9 Å². The van der Waals surface area contributed by atoms with Crippen LogP contribution in [0.1, 0.15) is 0 Å². The summed E-state index contributed by atoms with van der Waals surface area (Å²) in [5.41, 5.74) is 29.6. The quantitative estimate of drug-likeness (QED) is 0.408. The second-order valence-electron chi connectivity index (χ2n) is 0.424. The van der Waals surface area contributed by atoms with Crippen molar-refractivity contribution in [1.29, 1.82) is 0 Å². The van der Waals surface area contributed by atoms with E-state index in [1.807, 2.05) is 0 Å². The maximum atomic E-state index is 7.40. The first-order valence-electron chi connectivity index (χ1n) is 0.632. The van der Waals surface area contributed by atoms with Crippen molar-refractivity contribution >= 4 is 0 Å². The Morgan fingerprint density at radius 2 is 0.800 bits per heavy atom. The van der Waals surface area contributed by atoms with Crippen molar-refractivity contribution in [1.82, 2.24) is 0 Å². The molecule has 0 aromatic rings. The minimum atomic E-state index is -5.17. The summed E-state index contributed by atoms with van der Waals surface area (Å²) >= 11 is 0. The predicted molar refractivity (Wildman–Crippen MR) is 8.88 cm³/mol. The second kappa shape index (κ2) is 0.410. The number of hydrogen-bond acceptors (Lipinski definition) is 4. The van der Waals surface area contributed by atoms with E-state index < -0.39 is 0 Å². The Labute approximate surface area is 23.3 Å². The zero-order valence-electron chi connectivity index (χ0n) is 2.14. The first-order valence-corrected chi connectivity index (χ1v) is 5.90.